The van der Waals surface area contributed by atoms with Crippen LogP contribution in [0.2, 0.25) is 0 Å². The molecule has 3 atom stereocenters. The van der Waals surface area contributed by atoms with Crippen LogP contribution in [-0.2, 0) is 0 Å². The Hall–Kier alpha value is -0.680. The second-order valence-corrected chi connectivity index (χ2v) is 5.43. The topological polar surface area (TPSA) is 55.0 Å². The molecule has 1 saturated heterocycles. The van der Waals surface area contributed by atoms with Gasteiger partial charge in [-0.2, -0.15) is 4.37 Å². The van der Waals surface area contributed by atoms with Crippen LogP contribution in [0.5, 0.6) is 0 Å². The second kappa shape index (κ2) is 3.42. The van der Waals surface area contributed by atoms with Gasteiger partial charge in [-0.15, -0.1) is 0 Å². The molecule has 0 aromatic carbocycles. The average Bonchev–Trinajstić information content (AvgIpc) is 2.70. The highest BCUT2D eigenvalue weighted by Crippen LogP contribution is 2.37. The second-order valence-electron chi connectivity index (χ2n) is 4.70. The monoisotopic (exact) mass is 224 g/mol. The van der Waals surface area contributed by atoms with Crippen molar-refractivity contribution in [2.24, 2.45) is 17.6 Å². The lowest BCUT2D eigenvalue weighted by Gasteiger charge is -2.35. The van der Waals surface area contributed by atoms with Gasteiger partial charge in [-0.05, 0) is 31.6 Å². The Kier molecular flexibility index (Phi) is 2.17. The molecule has 15 heavy (non-hydrogen) atoms. The van der Waals surface area contributed by atoms with Gasteiger partial charge in [0.25, 0.3) is 0 Å². The van der Waals surface area contributed by atoms with Crippen molar-refractivity contribution in [2.45, 2.75) is 25.8 Å². The van der Waals surface area contributed by atoms with Gasteiger partial charge in [0.1, 0.15) is 5.82 Å². The van der Waals surface area contributed by atoms with Gasteiger partial charge in [-0.1, -0.05) is 0 Å². The number of anilines is 1. The van der Waals surface area contributed by atoms with Gasteiger partial charge in [0.2, 0.25) is 5.13 Å². The molecular formula is C10H16N4S. The third-order valence-electron chi connectivity index (χ3n) is 3.69. The molecule has 2 N–H and O–H groups in total. The Morgan fingerprint density at radius 3 is 2.53 bits per heavy atom. The Morgan fingerprint density at radius 2 is 2.00 bits per heavy atom. The molecule has 2 bridgehead atoms. The summed E-state index contributed by atoms with van der Waals surface area (Å²) in [7, 11) is 0. The molecule has 2 fully saturated rings. The van der Waals surface area contributed by atoms with E-state index in [4.69, 9.17) is 5.73 Å². The van der Waals surface area contributed by atoms with Crippen molar-refractivity contribution in [3.8, 4) is 0 Å². The summed E-state index contributed by atoms with van der Waals surface area (Å²) in [6, 6.07) is 0.426. The molecular weight excluding hydrogens is 208 g/mol. The first kappa shape index (κ1) is 9.54. The van der Waals surface area contributed by atoms with Crippen molar-refractivity contribution in [3.05, 3.63) is 5.82 Å². The van der Waals surface area contributed by atoms with Crippen LogP contribution in [0.25, 0.3) is 0 Å². The molecule has 0 radical (unpaired) electrons. The highest BCUT2D eigenvalue weighted by Gasteiger charge is 2.40. The third-order valence-corrected chi connectivity index (χ3v) is 4.56. The molecule has 2 aliphatic rings. The van der Waals surface area contributed by atoms with Crippen molar-refractivity contribution in [3.63, 3.8) is 0 Å². The first-order valence-electron chi connectivity index (χ1n) is 5.55. The summed E-state index contributed by atoms with van der Waals surface area (Å²) in [5.74, 6) is 2.23. The highest BCUT2D eigenvalue weighted by molar-refractivity contribution is 7.09. The predicted molar refractivity (Wildman–Crippen MR) is 61.0 cm³/mol. The van der Waals surface area contributed by atoms with Gasteiger partial charge >= 0.3 is 0 Å². The summed E-state index contributed by atoms with van der Waals surface area (Å²) in [5, 5.41) is 1.08. The standard InChI is InChI=1S/C10H16N4S/c1-6-12-10(15-13-6)14-4-7-2-3-8(5-14)9(7)11/h7-9H,2-5,11H2,1H3/t7-,8?,9?/m0/s1. The summed E-state index contributed by atoms with van der Waals surface area (Å²) in [5.41, 5.74) is 6.17. The van der Waals surface area contributed by atoms with Gasteiger partial charge in [0.15, 0.2) is 0 Å². The number of aryl methyl sites for hydroxylation is 1. The number of nitrogens with zero attached hydrogens (tertiary/aromatic N) is 3. The van der Waals surface area contributed by atoms with E-state index in [-0.39, 0.29) is 0 Å². The Labute approximate surface area is 93.7 Å². The molecule has 1 aromatic heterocycles. The fourth-order valence-corrected chi connectivity index (χ4v) is 3.53. The molecule has 4 nitrogen and oxygen atoms in total. The number of nitrogens with two attached hydrogens (primary N) is 1. The van der Waals surface area contributed by atoms with Gasteiger partial charge in [-0.25, -0.2) is 4.98 Å². The van der Waals surface area contributed by atoms with Crippen molar-refractivity contribution in [1.29, 1.82) is 0 Å². The van der Waals surface area contributed by atoms with E-state index in [0.717, 1.165) is 24.0 Å². The van der Waals surface area contributed by atoms with Crippen molar-refractivity contribution < 1.29 is 0 Å². The van der Waals surface area contributed by atoms with E-state index in [1.807, 2.05) is 6.92 Å². The van der Waals surface area contributed by atoms with Crippen LogP contribution in [0.3, 0.4) is 0 Å². The molecule has 1 aromatic rings. The molecule has 5 heteroatoms. The Morgan fingerprint density at radius 1 is 1.33 bits per heavy atom. The van der Waals surface area contributed by atoms with Crippen LogP contribution < -0.4 is 10.6 Å². The summed E-state index contributed by atoms with van der Waals surface area (Å²) < 4.78 is 4.24. The van der Waals surface area contributed by atoms with E-state index >= 15 is 0 Å². The van der Waals surface area contributed by atoms with Crippen LogP contribution in [0, 0.1) is 18.8 Å². The van der Waals surface area contributed by atoms with E-state index in [2.05, 4.69) is 14.3 Å². The minimum absolute atomic E-state index is 0.426. The number of fused-ring (bicyclic) bond motifs is 2. The molecule has 3 rings (SSSR count). The van der Waals surface area contributed by atoms with E-state index in [1.54, 1.807) is 0 Å². The van der Waals surface area contributed by atoms with E-state index in [0.29, 0.717) is 17.9 Å². The number of aromatic nitrogens is 2. The summed E-state index contributed by atoms with van der Waals surface area (Å²) in [6.45, 7) is 4.10. The number of piperidine rings is 1. The maximum Gasteiger partial charge on any atom is 0.205 e. The molecule has 1 aliphatic carbocycles. The zero-order valence-electron chi connectivity index (χ0n) is 8.89. The van der Waals surface area contributed by atoms with E-state index in [9.17, 15) is 0 Å². The van der Waals surface area contributed by atoms with Crippen LogP contribution in [0.1, 0.15) is 18.7 Å². The summed E-state index contributed by atoms with van der Waals surface area (Å²) in [6.07, 6.45) is 2.58. The smallest absolute Gasteiger partial charge is 0.205 e. The van der Waals surface area contributed by atoms with Crippen LogP contribution >= 0.6 is 11.5 Å². The molecule has 1 aliphatic heterocycles. The van der Waals surface area contributed by atoms with E-state index in [1.165, 1.54) is 24.4 Å². The van der Waals surface area contributed by atoms with Crippen LogP contribution in [-0.4, -0.2) is 28.5 Å². The minimum Gasteiger partial charge on any atom is -0.346 e. The molecule has 2 unspecified atom stereocenters. The van der Waals surface area contributed by atoms with Crippen molar-refractivity contribution >= 4 is 16.7 Å². The van der Waals surface area contributed by atoms with Gasteiger partial charge in [-0.3, -0.25) is 0 Å². The largest absolute Gasteiger partial charge is 0.346 e. The molecule has 2 heterocycles. The summed E-state index contributed by atoms with van der Waals surface area (Å²) in [4.78, 5) is 6.82. The van der Waals surface area contributed by atoms with Crippen LogP contribution in [0.15, 0.2) is 0 Å². The minimum atomic E-state index is 0.426. The first-order valence-corrected chi connectivity index (χ1v) is 6.32. The lowest BCUT2D eigenvalue weighted by atomic mass is 9.93. The molecule has 0 spiro atoms. The molecule has 1 saturated carbocycles. The fourth-order valence-electron chi connectivity index (χ4n) is 2.84. The SMILES string of the molecule is Cc1nsc(N2CC3CC[C@@H](C2)C3N)n1. The van der Waals surface area contributed by atoms with Crippen molar-refractivity contribution in [2.75, 3.05) is 18.0 Å². The summed E-state index contributed by atoms with van der Waals surface area (Å²) >= 11 is 1.51. The average molecular weight is 224 g/mol. The maximum atomic E-state index is 6.17. The first-order chi connectivity index (χ1) is 7.24. The van der Waals surface area contributed by atoms with Crippen LogP contribution in [0.4, 0.5) is 5.13 Å². The van der Waals surface area contributed by atoms with E-state index < -0.39 is 0 Å². The predicted octanol–water partition coefficient (Wildman–Crippen LogP) is 1.02. The normalized spacial score (nSPS) is 34.8. The Bertz CT molecular complexity index is 350. The molecule has 0 amide bonds. The Balaban J connectivity index is 1.80. The maximum absolute atomic E-state index is 6.17. The lowest BCUT2D eigenvalue weighted by Crippen LogP contribution is -2.48. The van der Waals surface area contributed by atoms with Gasteiger partial charge < -0.3 is 10.6 Å². The third kappa shape index (κ3) is 1.54. The molecule has 82 valence electrons. The number of hydrogen-bond acceptors (Lipinski definition) is 5. The zero-order chi connectivity index (χ0) is 10.4. The lowest BCUT2D eigenvalue weighted by molar-refractivity contribution is 0.356. The number of hydrogen-bond donors (Lipinski definition) is 1. The highest BCUT2D eigenvalue weighted by atomic mass is 32.1. The van der Waals surface area contributed by atoms with Crippen molar-refractivity contribution in [1.82, 2.24) is 9.36 Å². The fraction of sp³-hybridized carbons (Fsp3) is 0.800. The van der Waals surface area contributed by atoms with Gasteiger partial charge in [0.05, 0.1) is 0 Å². The van der Waals surface area contributed by atoms with Gasteiger partial charge in [0, 0.05) is 30.7 Å². The zero-order valence-corrected chi connectivity index (χ0v) is 9.70. The quantitative estimate of drug-likeness (QED) is 0.774. The number of rotatable bonds is 1.